The van der Waals surface area contributed by atoms with Crippen LogP contribution in [-0.2, 0) is 6.54 Å². The number of halogens is 1. The van der Waals surface area contributed by atoms with Crippen molar-refractivity contribution in [1.29, 1.82) is 0 Å². The molecule has 116 valence electrons. The van der Waals surface area contributed by atoms with Gasteiger partial charge >= 0.3 is 0 Å². The van der Waals surface area contributed by atoms with Crippen molar-refractivity contribution in [2.75, 3.05) is 26.7 Å². The van der Waals surface area contributed by atoms with Gasteiger partial charge < -0.3 is 5.32 Å². The topological polar surface area (TPSA) is 33.1 Å². The van der Waals surface area contributed by atoms with E-state index in [2.05, 4.69) is 54.0 Å². The third kappa shape index (κ3) is 4.47. The molecule has 1 aromatic rings. The van der Waals surface area contributed by atoms with Crippen LogP contribution in [0.5, 0.6) is 0 Å². The Morgan fingerprint density at radius 2 is 2.00 bits per heavy atom. The number of aryl methyl sites for hydroxylation is 1. The van der Waals surface area contributed by atoms with Gasteiger partial charge in [0, 0.05) is 24.3 Å². The summed E-state index contributed by atoms with van der Waals surface area (Å²) in [5, 5.41) is 7.90. The Morgan fingerprint density at radius 3 is 2.50 bits per heavy atom. The molecule has 1 saturated heterocycles. The summed E-state index contributed by atoms with van der Waals surface area (Å²) >= 11 is 0. The van der Waals surface area contributed by atoms with E-state index in [1.807, 2.05) is 0 Å². The first kappa shape index (κ1) is 17.5. The second kappa shape index (κ2) is 8.01. The van der Waals surface area contributed by atoms with Crippen LogP contribution < -0.4 is 5.32 Å². The first-order chi connectivity index (χ1) is 9.10. The molecule has 4 nitrogen and oxygen atoms in total. The van der Waals surface area contributed by atoms with Crippen LogP contribution >= 0.6 is 12.4 Å². The fourth-order valence-electron chi connectivity index (χ4n) is 2.82. The summed E-state index contributed by atoms with van der Waals surface area (Å²) in [5.41, 5.74) is 2.58. The van der Waals surface area contributed by atoms with Crippen LogP contribution in [-0.4, -0.2) is 41.4 Å². The standard InChI is InChI=1S/C15H28N4.ClH/c1-12(2)19-11-15(13(3)17-19)10-18-7-5-14(6-8-18)9-16-4;/h11-12,14,16H,5-10H2,1-4H3;1H. The van der Waals surface area contributed by atoms with Crippen molar-refractivity contribution >= 4 is 12.4 Å². The number of aromatic nitrogens is 2. The highest BCUT2D eigenvalue weighted by Gasteiger charge is 2.19. The highest BCUT2D eigenvalue weighted by Crippen LogP contribution is 2.20. The van der Waals surface area contributed by atoms with Crippen LogP contribution in [0.2, 0.25) is 0 Å². The molecule has 1 aliphatic rings. The Kier molecular flexibility index (Phi) is 7.00. The Bertz CT molecular complexity index is 395. The van der Waals surface area contributed by atoms with E-state index >= 15 is 0 Å². The predicted molar refractivity (Wildman–Crippen MR) is 86.5 cm³/mol. The molecule has 1 aliphatic heterocycles. The fraction of sp³-hybridized carbons (Fsp3) is 0.800. The molecule has 0 radical (unpaired) electrons. The molecule has 2 rings (SSSR count). The largest absolute Gasteiger partial charge is 0.319 e. The molecule has 0 aromatic carbocycles. The maximum atomic E-state index is 4.60. The summed E-state index contributed by atoms with van der Waals surface area (Å²) in [5.74, 6) is 0.862. The minimum absolute atomic E-state index is 0. The number of likely N-dealkylation sites (tertiary alicyclic amines) is 1. The molecular formula is C15H29ClN4. The lowest BCUT2D eigenvalue weighted by molar-refractivity contribution is 0.176. The van der Waals surface area contributed by atoms with E-state index in [0.717, 1.165) is 19.0 Å². The molecule has 0 unspecified atom stereocenters. The number of piperidine rings is 1. The van der Waals surface area contributed by atoms with Crippen LogP contribution in [0.3, 0.4) is 0 Å². The molecule has 1 fully saturated rings. The van der Waals surface area contributed by atoms with Gasteiger partial charge in [0.05, 0.1) is 5.69 Å². The number of rotatable bonds is 5. The second-order valence-corrected chi connectivity index (χ2v) is 6.09. The molecule has 0 amide bonds. The smallest absolute Gasteiger partial charge is 0.0638 e. The minimum atomic E-state index is 0. The van der Waals surface area contributed by atoms with Crippen molar-refractivity contribution in [3.05, 3.63) is 17.5 Å². The normalized spacial score (nSPS) is 17.4. The quantitative estimate of drug-likeness (QED) is 0.907. The van der Waals surface area contributed by atoms with Crippen molar-refractivity contribution in [1.82, 2.24) is 20.0 Å². The van der Waals surface area contributed by atoms with E-state index in [-0.39, 0.29) is 12.4 Å². The van der Waals surface area contributed by atoms with Crippen LogP contribution in [0.4, 0.5) is 0 Å². The van der Waals surface area contributed by atoms with Crippen molar-refractivity contribution in [2.45, 2.75) is 46.2 Å². The van der Waals surface area contributed by atoms with Crippen molar-refractivity contribution in [3.63, 3.8) is 0 Å². The number of nitrogens with one attached hydrogen (secondary N) is 1. The van der Waals surface area contributed by atoms with E-state index in [0.29, 0.717) is 6.04 Å². The number of nitrogens with zero attached hydrogens (tertiary/aromatic N) is 3. The minimum Gasteiger partial charge on any atom is -0.319 e. The zero-order valence-corrected chi connectivity index (χ0v) is 14.0. The summed E-state index contributed by atoms with van der Waals surface area (Å²) in [6.07, 6.45) is 4.86. The third-order valence-corrected chi connectivity index (χ3v) is 4.14. The average molecular weight is 301 g/mol. The molecule has 0 bridgehead atoms. The van der Waals surface area contributed by atoms with Gasteiger partial charge in [-0.2, -0.15) is 5.10 Å². The first-order valence-electron chi connectivity index (χ1n) is 7.51. The third-order valence-electron chi connectivity index (χ3n) is 4.14. The SMILES string of the molecule is CNCC1CCN(Cc2cn(C(C)C)nc2C)CC1.Cl. The van der Waals surface area contributed by atoms with Crippen LogP contribution in [0.25, 0.3) is 0 Å². The number of hydrogen-bond donors (Lipinski definition) is 1. The van der Waals surface area contributed by atoms with Gasteiger partial charge in [-0.1, -0.05) is 0 Å². The van der Waals surface area contributed by atoms with Gasteiger partial charge in [0.25, 0.3) is 0 Å². The van der Waals surface area contributed by atoms with E-state index in [1.165, 1.54) is 37.2 Å². The Labute approximate surface area is 129 Å². The molecule has 5 heteroatoms. The molecule has 0 aliphatic carbocycles. The van der Waals surface area contributed by atoms with Gasteiger partial charge in [-0.15, -0.1) is 12.4 Å². The van der Waals surface area contributed by atoms with Crippen molar-refractivity contribution in [3.8, 4) is 0 Å². The number of hydrogen-bond acceptors (Lipinski definition) is 3. The zero-order valence-electron chi connectivity index (χ0n) is 13.2. The summed E-state index contributed by atoms with van der Waals surface area (Å²) in [6, 6.07) is 0.453. The molecule has 2 heterocycles. The molecule has 1 N–H and O–H groups in total. The Hall–Kier alpha value is -0.580. The van der Waals surface area contributed by atoms with Gasteiger partial charge in [-0.25, -0.2) is 0 Å². The molecule has 0 spiro atoms. The lowest BCUT2D eigenvalue weighted by Gasteiger charge is -2.31. The Balaban J connectivity index is 0.00000200. The fourth-order valence-corrected chi connectivity index (χ4v) is 2.82. The molecule has 0 saturated carbocycles. The lowest BCUT2D eigenvalue weighted by atomic mass is 9.96. The highest BCUT2D eigenvalue weighted by molar-refractivity contribution is 5.85. The second-order valence-electron chi connectivity index (χ2n) is 6.09. The maximum Gasteiger partial charge on any atom is 0.0638 e. The first-order valence-corrected chi connectivity index (χ1v) is 7.51. The van der Waals surface area contributed by atoms with E-state index < -0.39 is 0 Å². The zero-order chi connectivity index (χ0) is 13.8. The van der Waals surface area contributed by atoms with Crippen LogP contribution in [0.1, 0.15) is 44.0 Å². The summed E-state index contributed by atoms with van der Waals surface area (Å²) in [4.78, 5) is 2.57. The van der Waals surface area contributed by atoms with Crippen LogP contribution in [0.15, 0.2) is 6.20 Å². The molecular weight excluding hydrogens is 272 g/mol. The molecule has 20 heavy (non-hydrogen) atoms. The van der Waals surface area contributed by atoms with E-state index in [1.54, 1.807) is 0 Å². The van der Waals surface area contributed by atoms with Gasteiger partial charge in [0.2, 0.25) is 0 Å². The van der Waals surface area contributed by atoms with Gasteiger partial charge in [-0.05, 0) is 66.2 Å². The van der Waals surface area contributed by atoms with Crippen molar-refractivity contribution in [2.24, 2.45) is 5.92 Å². The summed E-state index contributed by atoms with van der Waals surface area (Å²) < 4.78 is 2.08. The lowest BCUT2D eigenvalue weighted by Crippen LogP contribution is -2.36. The van der Waals surface area contributed by atoms with Gasteiger partial charge in [0.1, 0.15) is 0 Å². The van der Waals surface area contributed by atoms with E-state index in [4.69, 9.17) is 0 Å². The molecule has 1 aromatic heterocycles. The Morgan fingerprint density at radius 1 is 1.35 bits per heavy atom. The maximum absolute atomic E-state index is 4.60. The van der Waals surface area contributed by atoms with Crippen molar-refractivity contribution < 1.29 is 0 Å². The predicted octanol–water partition coefficient (Wildman–Crippen LogP) is 2.63. The van der Waals surface area contributed by atoms with Gasteiger partial charge in [0.15, 0.2) is 0 Å². The van der Waals surface area contributed by atoms with Crippen LogP contribution in [0, 0.1) is 12.8 Å². The van der Waals surface area contributed by atoms with E-state index in [9.17, 15) is 0 Å². The molecule has 0 atom stereocenters. The summed E-state index contributed by atoms with van der Waals surface area (Å²) in [7, 11) is 2.05. The average Bonchev–Trinajstić information content (AvgIpc) is 2.74. The highest BCUT2D eigenvalue weighted by atomic mass is 35.5. The monoisotopic (exact) mass is 300 g/mol. The summed E-state index contributed by atoms with van der Waals surface area (Å²) in [6.45, 7) is 11.2. The van der Waals surface area contributed by atoms with Gasteiger partial charge in [-0.3, -0.25) is 9.58 Å².